The van der Waals surface area contributed by atoms with Crippen LogP contribution in [-0.4, -0.2) is 68.7 Å². The Hall–Kier alpha value is -1.32. The Kier molecular flexibility index (Phi) is 5.32. The first-order chi connectivity index (χ1) is 13.6. The van der Waals surface area contributed by atoms with E-state index in [1.165, 1.54) is 13.0 Å². The van der Waals surface area contributed by atoms with Gasteiger partial charge in [-0.15, -0.1) is 6.58 Å². The summed E-state index contributed by atoms with van der Waals surface area (Å²) in [7, 11) is 0. The van der Waals surface area contributed by atoms with Crippen LogP contribution in [0.1, 0.15) is 53.9 Å². The third-order valence-electron chi connectivity index (χ3n) is 8.15. The lowest BCUT2D eigenvalue weighted by atomic mass is 9.40. The molecule has 1 heterocycles. The summed E-state index contributed by atoms with van der Waals surface area (Å²) in [5.41, 5.74) is -1.77. The molecule has 170 valence electrons. The molecule has 0 aromatic rings. The van der Waals surface area contributed by atoms with E-state index in [-0.39, 0.29) is 6.42 Å². The largest absolute Gasteiger partial charge is 0.455 e. The maximum absolute atomic E-state index is 13.6. The second-order valence-corrected chi connectivity index (χ2v) is 10.4. The van der Waals surface area contributed by atoms with E-state index in [1.54, 1.807) is 13.8 Å². The number of nitrogens with two attached hydrogens (primary N) is 1. The van der Waals surface area contributed by atoms with Crippen molar-refractivity contribution < 1.29 is 34.4 Å². The third kappa shape index (κ3) is 2.70. The van der Waals surface area contributed by atoms with E-state index < -0.39 is 70.2 Å². The number of esters is 1. The maximum atomic E-state index is 13.6. The summed E-state index contributed by atoms with van der Waals surface area (Å²) in [5, 5.41) is 34.8. The molecule has 30 heavy (non-hydrogen) atoms. The number of carbonyl (C=O) groups is 2. The van der Waals surface area contributed by atoms with Gasteiger partial charge in [-0.05, 0) is 32.1 Å². The number of aliphatic hydroxyl groups excluding tert-OH is 2. The number of fused-ring (bicyclic) bond motifs is 3. The van der Waals surface area contributed by atoms with Crippen molar-refractivity contribution in [2.24, 2.45) is 22.5 Å². The Labute approximate surface area is 177 Å². The van der Waals surface area contributed by atoms with Gasteiger partial charge in [-0.1, -0.05) is 26.8 Å². The second kappa shape index (κ2) is 6.84. The molecule has 0 bridgehead atoms. The van der Waals surface area contributed by atoms with Gasteiger partial charge in [0.05, 0.1) is 24.4 Å². The van der Waals surface area contributed by atoms with Crippen LogP contribution in [-0.2, 0) is 19.1 Å². The van der Waals surface area contributed by atoms with Crippen molar-refractivity contribution in [3.8, 4) is 0 Å². The van der Waals surface area contributed by atoms with E-state index in [0.717, 1.165) is 0 Å². The Bertz CT molecular complexity index is 769. The summed E-state index contributed by atoms with van der Waals surface area (Å²) >= 11 is 0. The predicted molar refractivity (Wildman–Crippen MR) is 108 cm³/mol. The number of ether oxygens (including phenoxy) is 2. The number of Topliss-reactive ketones (excluding diaryl/α,β-unsaturated/α-hetero) is 1. The minimum atomic E-state index is -2.22. The molecular formula is C22H35NO7. The molecule has 8 heteroatoms. The van der Waals surface area contributed by atoms with E-state index in [1.807, 2.05) is 13.8 Å². The highest BCUT2D eigenvalue weighted by atomic mass is 16.6. The Morgan fingerprint density at radius 1 is 1.30 bits per heavy atom. The third-order valence-corrected chi connectivity index (χ3v) is 8.15. The van der Waals surface area contributed by atoms with Gasteiger partial charge in [0.1, 0.15) is 5.60 Å². The van der Waals surface area contributed by atoms with Gasteiger partial charge < -0.3 is 30.5 Å². The van der Waals surface area contributed by atoms with Crippen LogP contribution in [0.15, 0.2) is 12.7 Å². The number of hydrogen-bond acceptors (Lipinski definition) is 8. The van der Waals surface area contributed by atoms with Crippen LogP contribution in [0.4, 0.5) is 0 Å². The molecule has 0 aromatic carbocycles. The van der Waals surface area contributed by atoms with Gasteiger partial charge in [-0.2, -0.15) is 0 Å². The Morgan fingerprint density at radius 3 is 2.43 bits per heavy atom. The SMILES string of the molecule is C=C[C@@]1(C)CC(=O)[C@]2(O)[C@@]3(C)[C@@H](O)CCC(C)(C)[C@@H]3[C@H](O)[C@H](OC(=O)CN)[C@@]2(C)O1. The molecule has 1 saturated heterocycles. The van der Waals surface area contributed by atoms with Gasteiger partial charge in [0.25, 0.3) is 0 Å². The summed E-state index contributed by atoms with van der Waals surface area (Å²) in [6.45, 7) is 11.9. The van der Waals surface area contributed by atoms with Crippen molar-refractivity contribution in [3.63, 3.8) is 0 Å². The van der Waals surface area contributed by atoms with Crippen molar-refractivity contribution in [1.82, 2.24) is 0 Å². The highest BCUT2D eigenvalue weighted by Crippen LogP contribution is 2.66. The Balaban J connectivity index is 2.31. The summed E-state index contributed by atoms with van der Waals surface area (Å²) in [5.74, 6) is -2.08. The van der Waals surface area contributed by atoms with E-state index in [9.17, 15) is 24.9 Å². The van der Waals surface area contributed by atoms with E-state index in [0.29, 0.717) is 12.8 Å². The van der Waals surface area contributed by atoms with Crippen LogP contribution in [0.5, 0.6) is 0 Å². The van der Waals surface area contributed by atoms with Crippen molar-refractivity contribution in [1.29, 1.82) is 0 Å². The standard InChI is InChI=1S/C22H35NO7/c1-7-19(4)10-13(25)22(28)20(5)12(24)8-9-18(2,3)16(20)15(27)17(21(22,6)30-19)29-14(26)11-23/h7,12,15-17,24,27-28H,1,8-11,23H2,2-6H3/t12-,15-,16-,17-,19-,20-,21+,22-/m0/s1. The zero-order chi connectivity index (χ0) is 22.9. The fraction of sp³-hybridized carbons (Fsp3) is 0.818. The van der Waals surface area contributed by atoms with E-state index >= 15 is 0 Å². The highest BCUT2D eigenvalue weighted by molar-refractivity contribution is 5.92. The fourth-order valence-electron chi connectivity index (χ4n) is 6.67. The average molecular weight is 426 g/mol. The van der Waals surface area contributed by atoms with Crippen molar-refractivity contribution in [2.45, 2.75) is 89.0 Å². The maximum Gasteiger partial charge on any atom is 0.320 e. The molecule has 1 aliphatic heterocycles. The first-order valence-corrected chi connectivity index (χ1v) is 10.5. The van der Waals surface area contributed by atoms with Crippen LogP contribution in [0.2, 0.25) is 0 Å². The summed E-state index contributed by atoms with van der Waals surface area (Å²) in [6.07, 6.45) is -1.53. The molecule has 2 saturated carbocycles. The van der Waals surface area contributed by atoms with Crippen LogP contribution < -0.4 is 5.73 Å². The normalized spacial score (nSPS) is 50.2. The molecule has 0 radical (unpaired) electrons. The van der Waals surface area contributed by atoms with Crippen LogP contribution >= 0.6 is 0 Å². The molecule has 0 spiro atoms. The molecule has 8 atom stereocenters. The molecule has 3 fully saturated rings. The number of rotatable bonds is 3. The number of hydrogen-bond donors (Lipinski definition) is 4. The smallest absolute Gasteiger partial charge is 0.320 e. The molecule has 0 aromatic heterocycles. The van der Waals surface area contributed by atoms with E-state index in [2.05, 4.69) is 6.58 Å². The minimum absolute atomic E-state index is 0.161. The van der Waals surface area contributed by atoms with Crippen LogP contribution in [0, 0.1) is 16.7 Å². The van der Waals surface area contributed by atoms with Gasteiger partial charge in [0.15, 0.2) is 17.5 Å². The zero-order valence-electron chi connectivity index (χ0n) is 18.5. The monoisotopic (exact) mass is 425 g/mol. The molecule has 5 N–H and O–H groups in total. The number of aliphatic hydroxyl groups is 3. The van der Waals surface area contributed by atoms with Crippen LogP contribution in [0.3, 0.4) is 0 Å². The molecule has 3 aliphatic rings. The van der Waals surface area contributed by atoms with Crippen molar-refractivity contribution >= 4 is 11.8 Å². The molecule has 0 unspecified atom stereocenters. The van der Waals surface area contributed by atoms with E-state index in [4.69, 9.17) is 15.2 Å². The molecule has 0 amide bonds. The van der Waals surface area contributed by atoms with Crippen molar-refractivity contribution in [3.05, 3.63) is 12.7 Å². The molecule has 2 aliphatic carbocycles. The predicted octanol–water partition coefficient (Wildman–Crippen LogP) is 0.459. The first kappa shape index (κ1) is 23.3. The van der Waals surface area contributed by atoms with Gasteiger partial charge >= 0.3 is 5.97 Å². The summed E-state index contributed by atoms with van der Waals surface area (Å²) < 4.78 is 11.8. The van der Waals surface area contributed by atoms with Gasteiger partial charge in [-0.3, -0.25) is 9.59 Å². The van der Waals surface area contributed by atoms with Gasteiger partial charge in [-0.25, -0.2) is 0 Å². The fourth-order valence-corrected chi connectivity index (χ4v) is 6.67. The Morgan fingerprint density at radius 2 is 1.90 bits per heavy atom. The van der Waals surface area contributed by atoms with Crippen molar-refractivity contribution in [2.75, 3.05) is 6.54 Å². The highest BCUT2D eigenvalue weighted by Gasteiger charge is 2.81. The summed E-state index contributed by atoms with van der Waals surface area (Å²) in [4.78, 5) is 25.8. The molecule has 8 nitrogen and oxygen atoms in total. The summed E-state index contributed by atoms with van der Waals surface area (Å²) in [6, 6.07) is 0. The zero-order valence-corrected chi connectivity index (χ0v) is 18.5. The lowest BCUT2D eigenvalue weighted by Gasteiger charge is -2.71. The molecule has 3 rings (SSSR count). The number of carbonyl (C=O) groups excluding carboxylic acids is 2. The first-order valence-electron chi connectivity index (χ1n) is 10.5. The average Bonchev–Trinajstić information content (AvgIpc) is 2.65. The molecular weight excluding hydrogens is 390 g/mol. The quantitative estimate of drug-likeness (QED) is 0.378. The lowest BCUT2D eigenvalue weighted by Crippen LogP contribution is -2.86. The minimum Gasteiger partial charge on any atom is -0.455 e. The lowest BCUT2D eigenvalue weighted by molar-refractivity contribution is -0.370. The topological polar surface area (TPSA) is 139 Å². The van der Waals surface area contributed by atoms with Crippen LogP contribution in [0.25, 0.3) is 0 Å². The van der Waals surface area contributed by atoms with Gasteiger partial charge in [0.2, 0.25) is 0 Å². The van der Waals surface area contributed by atoms with Gasteiger partial charge in [0, 0.05) is 17.8 Å². The second-order valence-electron chi connectivity index (χ2n) is 10.4. The number of ketones is 1.